The highest BCUT2D eigenvalue weighted by Crippen LogP contribution is 2.22. The van der Waals surface area contributed by atoms with Crippen molar-refractivity contribution in [2.24, 2.45) is 5.73 Å². The van der Waals surface area contributed by atoms with Gasteiger partial charge in [-0.15, -0.1) is 0 Å². The molecule has 1 aromatic carbocycles. The molecule has 8 heteroatoms. The first-order valence-corrected chi connectivity index (χ1v) is 10.5. The lowest BCUT2D eigenvalue weighted by Gasteiger charge is -2.07. The zero-order valence-electron chi connectivity index (χ0n) is 18.1. The second kappa shape index (κ2) is 9.94. The van der Waals surface area contributed by atoms with E-state index in [0.29, 0.717) is 24.6 Å². The molecule has 0 fully saturated rings. The van der Waals surface area contributed by atoms with E-state index in [9.17, 15) is 9.90 Å². The van der Waals surface area contributed by atoms with Crippen molar-refractivity contribution in [3.05, 3.63) is 89.4 Å². The molecule has 0 saturated heterocycles. The molecule has 33 heavy (non-hydrogen) atoms. The van der Waals surface area contributed by atoms with E-state index < -0.39 is 6.10 Å². The summed E-state index contributed by atoms with van der Waals surface area (Å²) in [6, 6.07) is 13.3. The Morgan fingerprint density at radius 1 is 1.12 bits per heavy atom. The summed E-state index contributed by atoms with van der Waals surface area (Å²) in [6.07, 6.45) is 5.29. The van der Waals surface area contributed by atoms with Gasteiger partial charge in [-0.3, -0.25) is 9.78 Å². The van der Waals surface area contributed by atoms with E-state index in [4.69, 9.17) is 10.3 Å². The maximum absolute atomic E-state index is 10.9. The number of hydrogen-bond acceptors (Lipinski definition) is 6. The minimum absolute atomic E-state index is 0.281. The lowest BCUT2D eigenvalue weighted by atomic mass is 10.1. The van der Waals surface area contributed by atoms with Crippen molar-refractivity contribution < 1.29 is 14.4 Å². The Kier molecular flexibility index (Phi) is 6.62. The first kappa shape index (κ1) is 22.0. The van der Waals surface area contributed by atoms with E-state index in [1.807, 2.05) is 47.0 Å². The largest absolute Gasteiger partial charge is 0.385 e. The fraction of sp³-hybridized carbons (Fsp3) is 0.200. The molecular weight excluding hydrogens is 418 g/mol. The lowest BCUT2D eigenvalue weighted by molar-refractivity contribution is -0.118. The Labute approximate surface area is 191 Å². The highest BCUT2D eigenvalue weighted by atomic mass is 16.5. The maximum Gasteiger partial charge on any atom is 0.217 e. The van der Waals surface area contributed by atoms with E-state index in [1.165, 1.54) is 0 Å². The van der Waals surface area contributed by atoms with E-state index in [2.05, 4.69) is 27.0 Å². The molecule has 0 spiro atoms. The second-order valence-electron chi connectivity index (χ2n) is 7.60. The molecule has 166 valence electrons. The lowest BCUT2D eigenvalue weighted by Crippen LogP contribution is -2.11. The summed E-state index contributed by atoms with van der Waals surface area (Å²) < 4.78 is 7.33. The fourth-order valence-corrected chi connectivity index (χ4v) is 3.28. The third kappa shape index (κ3) is 5.73. The molecule has 3 heterocycles. The average Bonchev–Trinajstić information content (AvgIpc) is 3.47. The first-order valence-electron chi connectivity index (χ1n) is 10.5. The number of amides is 1. The second-order valence-corrected chi connectivity index (χ2v) is 7.60. The fourth-order valence-electron chi connectivity index (χ4n) is 3.28. The van der Waals surface area contributed by atoms with Gasteiger partial charge in [0.05, 0.1) is 6.54 Å². The molecule has 4 rings (SSSR count). The van der Waals surface area contributed by atoms with Crippen LogP contribution in [-0.4, -0.2) is 30.7 Å². The summed E-state index contributed by atoms with van der Waals surface area (Å²) in [4.78, 5) is 19.3. The standard InChI is InChI=1S/C25H23N5O3/c1-17(31)25-27-12-13-30(25)16-22-14-23(33-29-22)20-7-4-18(5-8-20)2-3-19-6-9-21(28-15-19)10-11-24(26)32/h4-9,12-15,17,31H,10-11,16H2,1H3,(H2,26,32). The Bertz CT molecular complexity index is 1290. The molecule has 3 aromatic heterocycles. The van der Waals surface area contributed by atoms with Gasteiger partial charge in [-0.1, -0.05) is 17.0 Å². The molecule has 1 amide bonds. The number of hydrogen-bond donors (Lipinski definition) is 2. The number of carbonyl (C=O) groups excluding carboxylic acids is 1. The van der Waals surface area contributed by atoms with Crippen molar-refractivity contribution in [3.8, 4) is 23.2 Å². The van der Waals surface area contributed by atoms with Crippen LogP contribution in [0.2, 0.25) is 0 Å². The van der Waals surface area contributed by atoms with Crippen LogP contribution in [0.4, 0.5) is 0 Å². The molecule has 0 aliphatic carbocycles. The van der Waals surface area contributed by atoms with Crippen LogP contribution >= 0.6 is 0 Å². The SMILES string of the molecule is CC(O)c1nccn1Cc1cc(-c2ccc(C#Cc3ccc(CCC(N)=O)nc3)cc2)on1. The number of nitrogens with two attached hydrogens (primary N) is 1. The van der Waals surface area contributed by atoms with Crippen molar-refractivity contribution in [1.29, 1.82) is 0 Å². The summed E-state index contributed by atoms with van der Waals surface area (Å²) in [5.74, 6) is 7.10. The van der Waals surface area contributed by atoms with Gasteiger partial charge in [-0.2, -0.15) is 0 Å². The summed E-state index contributed by atoms with van der Waals surface area (Å²) >= 11 is 0. The van der Waals surface area contributed by atoms with Gasteiger partial charge in [0.2, 0.25) is 5.91 Å². The van der Waals surface area contributed by atoms with E-state index >= 15 is 0 Å². The number of imidazole rings is 1. The zero-order valence-corrected chi connectivity index (χ0v) is 18.1. The first-order chi connectivity index (χ1) is 16.0. The van der Waals surface area contributed by atoms with Crippen LogP contribution in [0.1, 0.15) is 47.8 Å². The number of aliphatic hydroxyl groups is 1. The van der Waals surface area contributed by atoms with Crippen LogP contribution in [0.15, 0.2) is 65.6 Å². The molecule has 8 nitrogen and oxygen atoms in total. The monoisotopic (exact) mass is 441 g/mol. The molecule has 4 aromatic rings. The number of aryl methyl sites for hydroxylation is 1. The molecule has 1 atom stereocenters. The van der Waals surface area contributed by atoms with Crippen LogP contribution in [0, 0.1) is 11.8 Å². The minimum atomic E-state index is -0.657. The molecule has 0 saturated carbocycles. The quantitative estimate of drug-likeness (QED) is 0.426. The number of primary amides is 1. The number of aromatic nitrogens is 4. The van der Waals surface area contributed by atoms with Gasteiger partial charge in [0.15, 0.2) is 5.76 Å². The molecule has 0 radical (unpaired) electrons. The average molecular weight is 441 g/mol. The summed E-state index contributed by atoms with van der Waals surface area (Å²) in [6.45, 7) is 2.14. The molecule has 1 unspecified atom stereocenters. The highest BCUT2D eigenvalue weighted by molar-refractivity contribution is 5.73. The molecule has 0 bridgehead atoms. The van der Waals surface area contributed by atoms with Gasteiger partial charge in [0.25, 0.3) is 0 Å². The van der Waals surface area contributed by atoms with Crippen LogP contribution in [0.3, 0.4) is 0 Å². The Morgan fingerprint density at radius 3 is 2.58 bits per heavy atom. The normalized spacial score (nSPS) is 11.6. The van der Waals surface area contributed by atoms with Crippen LogP contribution in [0.5, 0.6) is 0 Å². The number of pyridine rings is 1. The van der Waals surface area contributed by atoms with Crippen LogP contribution in [0.25, 0.3) is 11.3 Å². The minimum Gasteiger partial charge on any atom is -0.385 e. The predicted octanol–water partition coefficient (Wildman–Crippen LogP) is 2.85. The Morgan fingerprint density at radius 2 is 1.88 bits per heavy atom. The Balaban J connectivity index is 1.40. The number of nitrogens with zero attached hydrogens (tertiary/aromatic N) is 4. The third-order valence-corrected chi connectivity index (χ3v) is 4.99. The number of carbonyl (C=O) groups is 1. The van der Waals surface area contributed by atoms with Crippen LogP contribution in [-0.2, 0) is 17.8 Å². The Hall–Kier alpha value is -4.22. The molecular formula is C25H23N5O3. The van der Waals surface area contributed by atoms with Gasteiger partial charge in [-0.25, -0.2) is 4.98 Å². The van der Waals surface area contributed by atoms with Crippen molar-refractivity contribution in [2.45, 2.75) is 32.4 Å². The van der Waals surface area contributed by atoms with Gasteiger partial charge in [-0.05, 0) is 49.7 Å². The van der Waals surface area contributed by atoms with Gasteiger partial charge >= 0.3 is 0 Å². The van der Waals surface area contributed by atoms with Crippen molar-refractivity contribution in [1.82, 2.24) is 19.7 Å². The third-order valence-electron chi connectivity index (χ3n) is 4.99. The summed E-state index contributed by atoms with van der Waals surface area (Å²) in [5.41, 5.74) is 9.25. The van der Waals surface area contributed by atoms with E-state index in [-0.39, 0.29) is 12.3 Å². The van der Waals surface area contributed by atoms with Crippen LogP contribution < -0.4 is 5.73 Å². The topological polar surface area (TPSA) is 120 Å². The van der Waals surface area contributed by atoms with Crippen molar-refractivity contribution >= 4 is 5.91 Å². The number of aliphatic hydroxyl groups excluding tert-OH is 1. The number of rotatable bonds is 7. The van der Waals surface area contributed by atoms with E-state index in [0.717, 1.165) is 28.1 Å². The van der Waals surface area contributed by atoms with E-state index in [1.54, 1.807) is 25.5 Å². The van der Waals surface area contributed by atoms with Gasteiger partial charge in [0.1, 0.15) is 17.6 Å². The smallest absolute Gasteiger partial charge is 0.217 e. The predicted molar refractivity (Wildman–Crippen MR) is 122 cm³/mol. The maximum atomic E-state index is 10.9. The van der Waals surface area contributed by atoms with Gasteiger partial charge in [0, 0.05) is 53.5 Å². The molecule has 0 aliphatic rings. The molecule has 0 aliphatic heterocycles. The van der Waals surface area contributed by atoms with Crippen molar-refractivity contribution in [2.75, 3.05) is 0 Å². The zero-order chi connectivity index (χ0) is 23.2. The highest BCUT2D eigenvalue weighted by Gasteiger charge is 2.12. The van der Waals surface area contributed by atoms with Gasteiger partial charge < -0.3 is 19.9 Å². The van der Waals surface area contributed by atoms with Crippen molar-refractivity contribution in [3.63, 3.8) is 0 Å². The number of benzene rings is 1. The summed E-state index contributed by atoms with van der Waals surface area (Å²) in [5, 5.41) is 13.9. The molecule has 3 N–H and O–H groups in total. The summed E-state index contributed by atoms with van der Waals surface area (Å²) in [7, 11) is 0.